The van der Waals surface area contributed by atoms with Gasteiger partial charge in [0.05, 0.1) is 0 Å². The Kier molecular flexibility index (Phi) is 5.22. The van der Waals surface area contributed by atoms with Crippen molar-refractivity contribution in [1.29, 1.82) is 0 Å². The highest BCUT2D eigenvalue weighted by Crippen LogP contribution is 2.12. The average molecular weight is 306 g/mol. The average Bonchev–Trinajstić information content (AvgIpc) is 2.62. The lowest BCUT2D eigenvalue weighted by molar-refractivity contribution is -0.128. The van der Waals surface area contributed by atoms with Crippen molar-refractivity contribution in [1.82, 2.24) is 10.2 Å². The summed E-state index contributed by atoms with van der Waals surface area (Å²) in [5.74, 6) is 0.0938. The molecule has 1 saturated heterocycles. The summed E-state index contributed by atoms with van der Waals surface area (Å²) in [6.45, 7) is 2.46. The highest BCUT2D eigenvalue weighted by Gasteiger charge is 2.25. The third-order valence-electron chi connectivity index (χ3n) is 4.17. The molecule has 0 aliphatic carbocycles. The number of nitrogens with one attached hydrogen (secondary N) is 1. The minimum Gasteiger partial charge on any atom is -0.333 e. The van der Waals surface area contributed by atoms with Crippen molar-refractivity contribution < 1.29 is 4.79 Å². The van der Waals surface area contributed by atoms with Gasteiger partial charge in [-0.15, -0.1) is 0 Å². The Morgan fingerprint density at radius 2 is 1.78 bits per heavy atom. The molecule has 3 nitrogen and oxygen atoms in total. The maximum Gasteiger partial charge on any atom is 0.246 e. The molecule has 1 atom stereocenters. The monoisotopic (exact) mass is 306 g/mol. The third kappa shape index (κ3) is 4.30. The summed E-state index contributed by atoms with van der Waals surface area (Å²) < 4.78 is 0. The van der Waals surface area contributed by atoms with Gasteiger partial charge >= 0.3 is 0 Å². The summed E-state index contributed by atoms with van der Waals surface area (Å²) in [4.78, 5) is 14.6. The van der Waals surface area contributed by atoms with E-state index >= 15 is 0 Å². The fourth-order valence-corrected chi connectivity index (χ4v) is 2.95. The zero-order valence-corrected chi connectivity index (χ0v) is 13.2. The maximum atomic E-state index is 12.6. The number of carbonyl (C=O) groups is 1. The van der Waals surface area contributed by atoms with Crippen LogP contribution >= 0.6 is 0 Å². The molecular weight excluding hydrogens is 284 g/mol. The van der Waals surface area contributed by atoms with E-state index in [1.165, 1.54) is 5.56 Å². The van der Waals surface area contributed by atoms with E-state index in [1.807, 2.05) is 59.5 Å². The summed E-state index contributed by atoms with van der Waals surface area (Å²) >= 11 is 0. The predicted octanol–water partition coefficient (Wildman–Crippen LogP) is 2.74. The molecular formula is C20H22N2O. The highest BCUT2D eigenvalue weighted by atomic mass is 16.2. The fraction of sp³-hybridized carbons (Fsp3) is 0.250. The van der Waals surface area contributed by atoms with Crippen molar-refractivity contribution in [3.8, 4) is 0 Å². The Hall–Kier alpha value is -2.39. The molecule has 1 fully saturated rings. The van der Waals surface area contributed by atoms with Gasteiger partial charge in [-0.2, -0.15) is 0 Å². The van der Waals surface area contributed by atoms with E-state index < -0.39 is 0 Å². The molecule has 118 valence electrons. The highest BCUT2D eigenvalue weighted by molar-refractivity contribution is 5.92. The summed E-state index contributed by atoms with van der Waals surface area (Å²) in [6, 6.07) is 20.5. The zero-order chi connectivity index (χ0) is 15.9. The first-order valence-electron chi connectivity index (χ1n) is 8.11. The van der Waals surface area contributed by atoms with E-state index in [4.69, 9.17) is 0 Å². The molecule has 2 aromatic rings. The Morgan fingerprint density at radius 1 is 1.09 bits per heavy atom. The number of nitrogens with zero attached hydrogens (tertiary/aromatic N) is 1. The van der Waals surface area contributed by atoms with Crippen LogP contribution in [0, 0.1) is 0 Å². The number of amides is 1. The molecule has 1 aliphatic heterocycles. The van der Waals surface area contributed by atoms with Gasteiger partial charge in [-0.1, -0.05) is 60.7 Å². The number of benzene rings is 2. The number of hydrogen-bond donors (Lipinski definition) is 1. The summed E-state index contributed by atoms with van der Waals surface area (Å²) in [6.07, 6.45) is 4.47. The Balaban J connectivity index is 1.68. The second-order valence-electron chi connectivity index (χ2n) is 5.82. The van der Waals surface area contributed by atoms with E-state index in [-0.39, 0.29) is 11.9 Å². The van der Waals surface area contributed by atoms with Crippen LogP contribution in [0.2, 0.25) is 0 Å². The molecule has 1 unspecified atom stereocenters. The lowest BCUT2D eigenvalue weighted by atomic mass is 10.0. The summed E-state index contributed by atoms with van der Waals surface area (Å²) in [5, 5.41) is 3.40. The largest absolute Gasteiger partial charge is 0.333 e. The zero-order valence-electron chi connectivity index (χ0n) is 13.2. The van der Waals surface area contributed by atoms with E-state index in [0.717, 1.165) is 31.6 Å². The molecule has 1 heterocycles. The van der Waals surface area contributed by atoms with Crippen LogP contribution < -0.4 is 5.32 Å². The smallest absolute Gasteiger partial charge is 0.246 e. The first-order valence-corrected chi connectivity index (χ1v) is 8.11. The standard InChI is InChI=1S/C20H22N2O/c23-20(12-11-17-7-3-1-4-8-17)22-14-13-21-16-19(22)15-18-9-5-2-6-10-18/h1-12,19,21H,13-16H2. The van der Waals surface area contributed by atoms with Gasteiger partial charge in [-0.05, 0) is 23.6 Å². The van der Waals surface area contributed by atoms with Gasteiger partial charge in [0.2, 0.25) is 5.91 Å². The number of rotatable bonds is 4. The van der Waals surface area contributed by atoms with Crippen molar-refractivity contribution in [2.24, 2.45) is 0 Å². The van der Waals surface area contributed by atoms with Crippen LogP contribution in [0.1, 0.15) is 11.1 Å². The van der Waals surface area contributed by atoms with Gasteiger partial charge in [-0.25, -0.2) is 0 Å². The van der Waals surface area contributed by atoms with Gasteiger partial charge in [0.15, 0.2) is 0 Å². The van der Waals surface area contributed by atoms with Gasteiger partial charge < -0.3 is 10.2 Å². The van der Waals surface area contributed by atoms with E-state index in [0.29, 0.717) is 0 Å². The minimum absolute atomic E-state index is 0.0938. The van der Waals surface area contributed by atoms with Crippen LogP contribution in [-0.4, -0.2) is 36.5 Å². The van der Waals surface area contributed by atoms with Crippen LogP contribution in [0.3, 0.4) is 0 Å². The summed E-state index contributed by atoms with van der Waals surface area (Å²) in [5.41, 5.74) is 2.32. The second kappa shape index (κ2) is 7.75. The topological polar surface area (TPSA) is 32.3 Å². The second-order valence-corrected chi connectivity index (χ2v) is 5.82. The normalized spacial score (nSPS) is 18.3. The first-order chi connectivity index (χ1) is 11.3. The minimum atomic E-state index is 0.0938. The first kappa shape index (κ1) is 15.5. The van der Waals surface area contributed by atoms with Gasteiger partial charge in [0.1, 0.15) is 0 Å². The Morgan fingerprint density at radius 3 is 2.52 bits per heavy atom. The molecule has 0 spiro atoms. The van der Waals surface area contributed by atoms with Crippen LogP contribution in [0.4, 0.5) is 0 Å². The van der Waals surface area contributed by atoms with Crippen LogP contribution in [0.25, 0.3) is 6.08 Å². The van der Waals surface area contributed by atoms with Gasteiger partial charge in [-0.3, -0.25) is 4.79 Å². The van der Waals surface area contributed by atoms with Crippen LogP contribution in [0.5, 0.6) is 0 Å². The molecule has 3 rings (SSSR count). The fourth-order valence-electron chi connectivity index (χ4n) is 2.95. The van der Waals surface area contributed by atoms with E-state index in [9.17, 15) is 4.79 Å². The van der Waals surface area contributed by atoms with Crippen molar-refractivity contribution in [2.75, 3.05) is 19.6 Å². The number of hydrogen-bond acceptors (Lipinski definition) is 2. The van der Waals surface area contributed by atoms with Crippen LogP contribution in [0.15, 0.2) is 66.7 Å². The lowest BCUT2D eigenvalue weighted by Crippen LogP contribution is -2.54. The molecule has 23 heavy (non-hydrogen) atoms. The quantitative estimate of drug-likeness (QED) is 0.881. The molecule has 0 radical (unpaired) electrons. The molecule has 2 aromatic carbocycles. The van der Waals surface area contributed by atoms with E-state index in [2.05, 4.69) is 17.4 Å². The number of piperazine rings is 1. The molecule has 1 amide bonds. The lowest BCUT2D eigenvalue weighted by Gasteiger charge is -2.35. The summed E-state index contributed by atoms with van der Waals surface area (Å²) in [7, 11) is 0. The molecule has 0 bridgehead atoms. The van der Waals surface area contributed by atoms with Crippen molar-refractivity contribution in [3.63, 3.8) is 0 Å². The Labute approximate surface area is 137 Å². The van der Waals surface area contributed by atoms with Crippen molar-refractivity contribution in [2.45, 2.75) is 12.5 Å². The van der Waals surface area contributed by atoms with Gasteiger partial charge in [0.25, 0.3) is 0 Å². The third-order valence-corrected chi connectivity index (χ3v) is 4.17. The SMILES string of the molecule is O=C(C=Cc1ccccc1)N1CCNCC1Cc1ccccc1. The molecule has 0 saturated carbocycles. The molecule has 3 heteroatoms. The molecule has 0 aromatic heterocycles. The van der Waals surface area contributed by atoms with E-state index in [1.54, 1.807) is 6.08 Å². The predicted molar refractivity (Wildman–Crippen MR) is 94.0 cm³/mol. The number of carbonyl (C=O) groups excluding carboxylic acids is 1. The van der Waals surface area contributed by atoms with Crippen molar-refractivity contribution in [3.05, 3.63) is 77.9 Å². The van der Waals surface area contributed by atoms with Gasteiger partial charge in [0, 0.05) is 31.8 Å². The maximum absolute atomic E-state index is 12.6. The molecule has 1 aliphatic rings. The van der Waals surface area contributed by atoms with Crippen molar-refractivity contribution >= 4 is 12.0 Å². The Bertz CT molecular complexity index is 652. The van der Waals surface area contributed by atoms with Crippen LogP contribution in [-0.2, 0) is 11.2 Å². The molecule has 1 N–H and O–H groups in total.